The summed E-state index contributed by atoms with van der Waals surface area (Å²) in [4.78, 5) is 4.21. The summed E-state index contributed by atoms with van der Waals surface area (Å²) in [7, 11) is 0. The van der Waals surface area contributed by atoms with Crippen molar-refractivity contribution in [3.05, 3.63) is 34.4 Å². The molecular weight excluding hydrogens is 244 g/mol. The number of nitrogens with two attached hydrogens (primary N) is 1. The molecule has 4 heteroatoms. The van der Waals surface area contributed by atoms with Crippen molar-refractivity contribution in [3.8, 4) is 0 Å². The summed E-state index contributed by atoms with van der Waals surface area (Å²) in [5.41, 5.74) is 7.79. The van der Waals surface area contributed by atoms with Gasteiger partial charge in [0, 0.05) is 15.4 Å². The maximum Gasteiger partial charge on any atom is 0.0849 e. The SMILES string of the molecule is Nc1cnc2c(Br)cccc2c1CO. The molecule has 1 aromatic heterocycles. The third kappa shape index (κ3) is 1.36. The number of pyridine rings is 1. The van der Waals surface area contributed by atoms with Crippen LogP contribution >= 0.6 is 15.9 Å². The fourth-order valence-corrected chi connectivity index (χ4v) is 1.90. The van der Waals surface area contributed by atoms with E-state index in [-0.39, 0.29) is 6.61 Å². The normalized spacial score (nSPS) is 10.7. The van der Waals surface area contributed by atoms with Gasteiger partial charge in [-0.2, -0.15) is 0 Å². The Hall–Kier alpha value is -1.13. The van der Waals surface area contributed by atoms with E-state index < -0.39 is 0 Å². The number of nitrogens with zero attached hydrogens (tertiary/aromatic N) is 1. The second kappa shape index (κ2) is 3.55. The van der Waals surface area contributed by atoms with Crippen LogP contribution in [0, 0.1) is 0 Å². The minimum Gasteiger partial charge on any atom is -0.397 e. The molecular formula is C10H9BrN2O. The van der Waals surface area contributed by atoms with Crippen LogP contribution in [0.2, 0.25) is 0 Å². The molecule has 14 heavy (non-hydrogen) atoms. The van der Waals surface area contributed by atoms with Gasteiger partial charge in [-0.25, -0.2) is 0 Å². The minimum absolute atomic E-state index is 0.0681. The number of nitrogen functional groups attached to an aromatic ring is 1. The second-order valence-corrected chi connectivity index (χ2v) is 3.84. The van der Waals surface area contributed by atoms with Gasteiger partial charge in [0.2, 0.25) is 0 Å². The highest BCUT2D eigenvalue weighted by atomic mass is 79.9. The lowest BCUT2D eigenvalue weighted by molar-refractivity contribution is 0.284. The number of fused-ring (bicyclic) bond motifs is 1. The molecule has 0 aliphatic rings. The van der Waals surface area contributed by atoms with Gasteiger partial charge in [-0.15, -0.1) is 0 Å². The predicted molar refractivity (Wildman–Crippen MR) is 59.8 cm³/mol. The number of aromatic nitrogens is 1. The number of anilines is 1. The van der Waals surface area contributed by atoms with E-state index in [0.717, 1.165) is 20.9 Å². The largest absolute Gasteiger partial charge is 0.397 e. The van der Waals surface area contributed by atoms with Crippen molar-refractivity contribution in [3.63, 3.8) is 0 Å². The number of hydrogen-bond acceptors (Lipinski definition) is 3. The van der Waals surface area contributed by atoms with E-state index in [1.807, 2.05) is 18.2 Å². The van der Waals surface area contributed by atoms with Crippen molar-refractivity contribution in [1.82, 2.24) is 4.98 Å². The molecule has 72 valence electrons. The van der Waals surface area contributed by atoms with Crippen LogP contribution in [0.25, 0.3) is 10.9 Å². The average Bonchev–Trinajstić information content (AvgIpc) is 2.18. The molecule has 0 saturated carbocycles. The van der Waals surface area contributed by atoms with Crippen molar-refractivity contribution in [2.45, 2.75) is 6.61 Å². The topological polar surface area (TPSA) is 59.1 Å². The van der Waals surface area contributed by atoms with Crippen LogP contribution < -0.4 is 5.73 Å². The highest BCUT2D eigenvalue weighted by Gasteiger charge is 2.06. The number of aliphatic hydroxyl groups is 1. The molecule has 2 aromatic rings. The second-order valence-electron chi connectivity index (χ2n) is 2.99. The Morgan fingerprint density at radius 3 is 2.93 bits per heavy atom. The van der Waals surface area contributed by atoms with E-state index >= 15 is 0 Å². The zero-order valence-electron chi connectivity index (χ0n) is 7.37. The van der Waals surface area contributed by atoms with E-state index in [9.17, 15) is 5.11 Å². The molecule has 2 rings (SSSR count). The molecule has 0 aliphatic carbocycles. The molecule has 0 spiro atoms. The van der Waals surface area contributed by atoms with Gasteiger partial charge in [0.15, 0.2) is 0 Å². The lowest BCUT2D eigenvalue weighted by atomic mass is 10.1. The quantitative estimate of drug-likeness (QED) is 0.817. The van der Waals surface area contributed by atoms with Crippen molar-refractivity contribution < 1.29 is 5.11 Å². The minimum atomic E-state index is -0.0681. The van der Waals surface area contributed by atoms with Gasteiger partial charge in [-0.05, 0) is 22.0 Å². The first-order valence-electron chi connectivity index (χ1n) is 4.16. The lowest BCUT2D eigenvalue weighted by Crippen LogP contribution is -1.97. The summed E-state index contributed by atoms with van der Waals surface area (Å²) in [6.07, 6.45) is 1.57. The fourth-order valence-electron chi connectivity index (χ4n) is 1.43. The van der Waals surface area contributed by atoms with E-state index in [1.165, 1.54) is 0 Å². The molecule has 0 unspecified atom stereocenters. The van der Waals surface area contributed by atoms with Crippen LogP contribution in [0.4, 0.5) is 5.69 Å². The zero-order chi connectivity index (χ0) is 10.1. The van der Waals surface area contributed by atoms with Gasteiger partial charge in [0.25, 0.3) is 0 Å². The highest BCUT2D eigenvalue weighted by Crippen LogP contribution is 2.27. The Morgan fingerprint density at radius 1 is 1.43 bits per heavy atom. The van der Waals surface area contributed by atoms with Crippen LogP contribution in [-0.4, -0.2) is 10.1 Å². The summed E-state index contributed by atoms with van der Waals surface area (Å²) in [5, 5.41) is 10.1. The van der Waals surface area contributed by atoms with Gasteiger partial charge in [-0.3, -0.25) is 4.98 Å². The number of para-hydroxylation sites is 1. The number of aliphatic hydroxyl groups excluding tert-OH is 1. The first-order chi connectivity index (χ1) is 6.74. The van der Waals surface area contributed by atoms with Crippen molar-refractivity contribution >= 4 is 32.5 Å². The Labute approximate surface area is 89.7 Å². The average molecular weight is 253 g/mol. The van der Waals surface area contributed by atoms with E-state index in [2.05, 4.69) is 20.9 Å². The molecule has 0 atom stereocenters. The number of halogens is 1. The number of hydrogen-bond donors (Lipinski definition) is 2. The molecule has 1 aromatic carbocycles. The van der Waals surface area contributed by atoms with Gasteiger partial charge in [0.05, 0.1) is 24.0 Å². The number of benzene rings is 1. The summed E-state index contributed by atoms with van der Waals surface area (Å²) in [6.45, 7) is -0.0681. The van der Waals surface area contributed by atoms with Crippen LogP contribution in [0.1, 0.15) is 5.56 Å². The predicted octanol–water partition coefficient (Wildman–Crippen LogP) is 2.07. The molecule has 0 aliphatic heterocycles. The molecule has 0 radical (unpaired) electrons. The van der Waals surface area contributed by atoms with E-state index in [1.54, 1.807) is 6.20 Å². The molecule has 0 saturated heterocycles. The van der Waals surface area contributed by atoms with Crippen LogP contribution in [0.3, 0.4) is 0 Å². The maximum absolute atomic E-state index is 9.18. The molecule has 0 fully saturated rings. The summed E-state index contributed by atoms with van der Waals surface area (Å²) in [6, 6.07) is 5.70. The van der Waals surface area contributed by atoms with E-state index in [4.69, 9.17) is 5.73 Å². The van der Waals surface area contributed by atoms with Crippen LogP contribution in [0.15, 0.2) is 28.9 Å². The molecule has 0 bridgehead atoms. The Morgan fingerprint density at radius 2 is 2.21 bits per heavy atom. The third-order valence-electron chi connectivity index (χ3n) is 2.15. The van der Waals surface area contributed by atoms with Gasteiger partial charge >= 0.3 is 0 Å². The summed E-state index contributed by atoms with van der Waals surface area (Å²) in [5.74, 6) is 0. The monoisotopic (exact) mass is 252 g/mol. The first-order valence-corrected chi connectivity index (χ1v) is 4.95. The van der Waals surface area contributed by atoms with Crippen LogP contribution in [-0.2, 0) is 6.61 Å². The molecule has 3 nitrogen and oxygen atoms in total. The van der Waals surface area contributed by atoms with Gasteiger partial charge in [0.1, 0.15) is 0 Å². The lowest BCUT2D eigenvalue weighted by Gasteiger charge is -2.07. The first kappa shape index (κ1) is 9.43. The highest BCUT2D eigenvalue weighted by molar-refractivity contribution is 9.10. The fraction of sp³-hybridized carbons (Fsp3) is 0.100. The molecule has 1 heterocycles. The van der Waals surface area contributed by atoms with E-state index in [0.29, 0.717) is 5.69 Å². The Balaban J connectivity index is 2.88. The Kier molecular flexibility index (Phi) is 2.39. The van der Waals surface area contributed by atoms with Gasteiger partial charge in [-0.1, -0.05) is 12.1 Å². The van der Waals surface area contributed by atoms with Crippen molar-refractivity contribution in [2.24, 2.45) is 0 Å². The Bertz CT molecular complexity index is 485. The summed E-state index contributed by atoms with van der Waals surface area (Å²) >= 11 is 3.40. The van der Waals surface area contributed by atoms with Crippen LogP contribution in [0.5, 0.6) is 0 Å². The third-order valence-corrected chi connectivity index (χ3v) is 2.79. The van der Waals surface area contributed by atoms with Crippen molar-refractivity contribution in [1.29, 1.82) is 0 Å². The zero-order valence-corrected chi connectivity index (χ0v) is 8.95. The smallest absolute Gasteiger partial charge is 0.0849 e. The maximum atomic E-state index is 9.18. The van der Waals surface area contributed by atoms with Crippen molar-refractivity contribution in [2.75, 3.05) is 5.73 Å². The number of rotatable bonds is 1. The standard InChI is InChI=1S/C10H9BrN2O/c11-8-3-1-2-6-7(5-14)9(12)4-13-10(6)8/h1-4,14H,5,12H2. The summed E-state index contributed by atoms with van der Waals surface area (Å²) < 4.78 is 0.907. The molecule has 0 amide bonds. The van der Waals surface area contributed by atoms with Gasteiger partial charge < -0.3 is 10.8 Å². The molecule has 3 N–H and O–H groups in total.